The second-order valence-electron chi connectivity index (χ2n) is 10.9. The molecular weight excluding hydrogens is 496 g/mol. The van der Waals surface area contributed by atoms with Crippen molar-refractivity contribution in [3.8, 4) is 33.4 Å². The third-order valence-electron chi connectivity index (χ3n) is 8.64. The van der Waals surface area contributed by atoms with Crippen molar-refractivity contribution in [1.82, 2.24) is 0 Å². The van der Waals surface area contributed by atoms with Crippen LogP contribution < -0.4 is 0 Å². The fraction of sp³-hybridized carbons (Fsp3) is 0. The monoisotopic (exact) mass is 520 g/mol. The summed E-state index contributed by atoms with van der Waals surface area (Å²) in [5.41, 5.74) is 9.23. The Hall–Kier alpha value is -5.40. The van der Waals surface area contributed by atoms with Gasteiger partial charge in [-0.3, -0.25) is 0 Å². The number of furan rings is 1. The van der Waals surface area contributed by atoms with Gasteiger partial charge in [0.05, 0.1) is 0 Å². The van der Waals surface area contributed by atoms with Crippen molar-refractivity contribution in [2.45, 2.75) is 0 Å². The van der Waals surface area contributed by atoms with Crippen LogP contribution in [0.1, 0.15) is 0 Å². The Bertz CT molecular complexity index is 2380. The normalized spacial score (nSPS) is 11.9. The third-order valence-corrected chi connectivity index (χ3v) is 8.64. The van der Waals surface area contributed by atoms with Gasteiger partial charge in [0.15, 0.2) is 0 Å². The van der Waals surface area contributed by atoms with E-state index >= 15 is 0 Å². The molecule has 0 amide bonds. The number of para-hydroxylation sites is 1. The van der Waals surface area contributed by atoms with Crippen molar-refractivity contribution in [3.63, 3.8) is 0 Å². The summed E-state index contributed by atoms with van der Waals surface area (Å²) in [5, 5.41) is 10.2. The highest BCUT2D eigenvalue weighted by Gasteiger charge is 2.17. The first-order chi connectivity index (χ1) is 20.3. The largest absolute Gasteiger partial charge is 0.456 e. The number of hydrogen-bond acceptors (Lipinski definition) is 1. The van der Waals surface area contributed by atoms with Gasteiger partial charge in [-0.1, -0.05) is 121 Å². The molecule has 1 nitrogen and oxygen atoms in total. The fourth-order valence-electron chi connectivity index (χ4n) is 6.67. The molecule has 0 bridgehead atoms. The lowest BCUT2D eigenvalue weighted by Crippen LogP contribution is -1.91. The quantitative estimate of drug-likeness (QED) is 0.211. The van der Waals surface area contributed by atoms with Gasteiger partial charge in [-0.05, 0) is 90.0 Å². The zero-order valence-electron chi connectivity index (χ0n) is 22.3. The first-order valence-electron chi connectivity index (χ1n) is 14.1. The topological polar surface area (TPSA) is 13.1 Å². The van der Waals surface area contributed by atoms with Gasteiger partial charge in [0, 0.05) is 10.8 Å². The van der Waals surface area contributed by atoms with Crippen molar-refractivity contribution >= 4 is 54.3 Å². The van der Waals surface area contributed by atoms with E-state index in [4.69, 9.17) is 4.42 Å². The van der Waals surface area contributed by atoms with E-state index in [2.05, 4.69) is 133 Å². The molecule has 0 N–H and O–H groups in total. The van der Waals surface area contributed by atoms with Crippen LogP contribution in [0.15, 0.2) is 150 Å². The van der Waals surface area contributed by atoms with Gasteiger partial charge in [-0.25, -0.2) is 0 Å². The minimum atomic E-state index is 0.925. The number of benzene rings is 8. The Morgan fingerprint density at radius 3 is 1.68 bits per heavy atom. The van der Waals surface area contributed by atoms with Gasteiger partial charge in [-0.15, -0.1) is 0 Å². The molecule has 0 radical (unpaired) electrons. The van der Waals surface area contributed by atoms with Gasteiger partial charge >= 0.3 is 0 Å². The van der Waals surface area contributed by atoms with Gasteiger partial charge in [0.2, 0.25) is 0 Å². The lowest BCUT2D eigenvalue weighted by atomic mass is 9.85. The average molecular weight is 521 g/mol. The molecule has 0 aliphatic heterocycles. The number of hydrogen-bond donors (Lipinski definition) is 0. The third kappa shape index (κ3) is 3.36. The van der Waals surface area contributed by atoms with Crippen molar-refractivity contribution in [3.05, 3.63) is 146 Å². The summed E-state index contributed by atoms with van der Waals surface area (Å²) in [5.74, 6) is 0. The molecule has 9 aromatic rings. The van der Waals surface area contributed by atoms with Crippen LogP contribution in [0.5, 0.6) is 0 Å². The summed E-state index contributed by atoms with van der Waals surface area (Å²) in [6.07, 6.45) is 0. The van der Waals surface area contributed by atoms with E-state index in [1.54, 1.807) is 0 Å². The van der Waals surface area contributed by atoms with Crippen LogP contribution in [-0.4, -0.2) is 0 Å². The number of fused-ring (bicyclic) bond motifs is 3. The molecule has 0 spiro atoms. The molecule has 8 aromatic carbocycles. The van der Waals surface area contributed by atoms with E-state index in [1.165, 1.54) is 65.7 Å². The lowest BCUT2D eigenvalue weighted by molar-refractivity contribution is 0.669. The molecule has 190 valence electrons. The maximum Gasteiger partial charge on any atom is 0.135 e. The molecule has 9 rings (SSSR count). The second-order valence-corrected chi connectivity index (χ2v) is 10.9. The van der Waals surface area contributed by atoms with E-state index in [0.717, 1.165) is 21.9 Å². The average Bonchev–Trinajstić information content (AvgIpc) is 3.42. The van der Waals surface area contributed by atoms with E-state index in [1.807, 2.05) is 12.1 Å². The van der Waals surface area contributed by atoms with Crippen molar-refractivity contribution in [2.24, 2.45) is 0 Å². The van der Waals surface area contributed by atoms with E-state index < -0.39 is 0 Å². The van der Waals surface area contributed by atoms with Crippen molar-refractivity contribution < 1.29 is 4.42 Å². The maximum atomic E-state index is 6.06. The molecule has 0 aliphatic carbocycles. The molecule has 1 aromatic heterocycles. The zero-order chi connectivity index (χ0) is 26.9. The summed E-state index contributed by atoms with van der Waals surface area (Å²) >= 11 is 0. The molecular formula is C40H24O. The first kappa shape index (κ1) is 22.4. The minimum Gasteiger partial charge on any atom is -0.456 e. The molecule has 1 heterocycles. The molecule has 0 aliphatic rings. The predicted octanol–water partition coefficient (Wildman–Crippen LogP) is 11.5. The standard InChI is InChI=1S/C40H24O/c1-2-7-26(8-3-1)34-24-35(33-21-18-29-10-6-9-28-17-20-32(34)40(33)39(28)29)27-15-13-25(14-16-27)30-19-22-38-36(23-30)31-11-4-5-12-37(31)41-38/h1-24H. The highest BCUT2D eigenvalue weighted by Crippen LogP contribution is 2.44. The van der Waals surface area contributed by atoms with Crippen LogP contribution in [0.3, 0.4) is 0 Å². The maximum absolute atomic E-state index is 6.06. The Balaban J connectivity index is 1.25. The molecule has 0 atom stereocenters. The Labute approximate surface area is 237 Å². The summed E-state index contributed by atoms with van der Waals surface area (Å²) in [7, 11) is 0. The highest BCUT2D eigenvalue weighted by atomic mass is 16.3. The molecule has 0 saturated carbocycles. The van der Waals surface area contributed by atoms with Crippen LogP contribution in [-0.2, 0) is 0 Å². The van der Waals surface area contributed by atoms with Gasteiger partial charge in [0.25, 0.3) is 0 Å². The SMILES string of the molecule is c1ccc(-c2cc(-c3ccc(-c4ccc5oc6ccccc6c5c4)cc3)c3ccc4cccc5ccc2c3c54)cc1. The summed E-state index contributed by atoms with van der Waals surface area (Å²) in [6, 6.07) is 52.7. The molecule has 1 heteroatoms. The summed E-state index contributed by atoms with van der Waals surface area (Å²) in [4.78, 5) is 0. The lowest BCUT2D eigenvalue weighted by Gasteiger charge is -2.18. The Morgan fingerprint density at radius 2 is 0.927 bits per heavy atom. The van der Waals surface area contributed by atoms with Crippen LogP contribution in [0, 0.1) is 0 Å². The first-order valence-corrected chi connectivity index (χ1v) is 14.1. The zero-order valence-corrected chi connectivity index (χ0v) is 22.3. The Morgan fingerprint density at radius 1 is 0.317 bits per heavy atom. The molecule has 0 fully saturated rings. The van der Waals surface area contributed by atoms with E-state index in [-0.39, 0.29) is 0 Å². The van der Waals surface area contributed by atoms with E-state index in [0.29, 0.717) is 0 Å². The highest BCUT2D eigenvalue weighted by molar-refractivity contribution is 6.28. The predicted molar refractivity (Wildman–Crippen MR) is 174 cm³/mol. The van der Waals surface area contributed by atoms with Crippen LogP contribution >= 0.6 is 0 Å². The van der Waals surface area contributed by atoms with Gasteiger partial charge in [-0.2, -0.15) is 0 Å². The van der Waals surface area contributed by atoms with Crippen molar-refractivity contribution in [2.75, 3.05) is 0 Å². The molecule has 41 heavy (non-hydrogen) atoms. The van der Waals surface area contributed by atoms with Gasteiger partial charge in [0.1, 0.15) is 11.2 Å². The van der Waals surface area contributed by atoms with Crippen LogP contribution in [0.25, 0.3) is 87.6 Å². The van der Waals surface area contributed by atoms with Crippen LogP contribution in [0.4, 0.5) is 0 Å². The smallest absolute Gasteiger partial charge is 0.135 e. The second kappa shape index (κ2) is 8.55. The Kier molecular flexibility index (Phi) is 4.67. The summed E-state index contributed by atoms with van der Waals surface area (Å²) in [6.45, 7) is 0. The van der Waals surface area contributed by atoms with Crippen LogP contribution in [0.2, 0.25) is 0 Å². The minimum absolute atomic E-state index is 0.925. The summed E-state index contributed by atoms with van der Waals surface area (Å²) < 4.78 is 6.06. The van der Waals surface area contributed by atoms with Gasteiger partial charge < -0.3 is 4.42 Å². The molecule has 0 unspecified atom stereocenters. The fourth-order valence-corrected chi connectivity index (χ4v) is 6.67. The number of rotatable bonds is 3. The van der Waals surface area contributed by atoms with Crippen molar-refractivity contribution in [1.29, 1.82) is 0 Å². The molecule has 0 saturated heterocycles. The van der Waals surface area contributed by atoms with E-state index in [9.17, 15) is 0 Å².